The van der Waals surface area contributed by atoms with E-state index in [9.17, 15) is 9.59 Å². The Morgan fingerprint density at radius 3 is 1.78 bits per heavy atom. The lowest BCUT2D eigenvalue weighted by Crippen LogP contribution is -2.10. The van der Waals surface area contributed by atoms with E-state index in [1.165, 1.54) is 13.4 Å². The number of aromatic nitrogens is 2. The molecular weight excluding hydrogens is 410 g/mol. The third-order valence-electron chi connectivity index (χ3n) is 4.38. The van der Waals surface area contributed by atoms with Gasteiger partial charge in [-0.25, -0.2) is 19.6 Å². The van der Waals surface area contributed by atoms with E-state index in [0.29, 0.717) is 46.4 Å². The molecule has 0 atom stereocenters. The molecule has 0 radical (unpaired) electrons. The molecule has 32 heavy (non-hydrogen) atoms. The SMILES string of the molecule is COC(=O)c1ccc(Nc2ncnc(Nc3ccc(C(=O)OCC(C)C)cc3)c2N)cc1. The van der Waals surface area contributed by atoms with Gasteiger partial charge in [-0.1, -0.05) is 13.8 Å². The fraction of sp³-hybridized carbons (Fsp3) is 0.217. The summed E-state index contributed by atoms with van der Waals surface area (Å²) in [6.45, 7) is 4.33. The molecule has 9 heteroatoms. The third-order valence-corrected chi connectivity index (χ3v) is 4.38. The van der Waals surface area contributed by atoms with E-state index in [2.05, 4.69) is 20.6 Å². The van der Waals surface area contributed by atoms with Crippen LogP contribution in [0.25, 0.3) is 0 Å². The number of nitrogens with two attached hydrogens (primary N) is 1. The van der Waals surface area contributed by atoms with Crippen molar-refractivity contribution < 1.29 is 19.1 Å². The fourth-order valence-corrected chi connectivity index (χ4v) is 2.69. The molecule has 0 aliphatic rings. The van der Waals surface area contributed by atoms with Gasteiger partial charge in [0.05, 0.1) is 24.8 Å². The molecule has 2 aromatic carbocycles. The van der Waals surface area contributed by atoms with Crippen molar-refractivity contribution in [3.05, 3.63) is 66.0 Å². The second kappa shape index (κ2) is 10.3. The highest BCUT2D eigenvalue weighted by atomic mass is 16.5. The zero-order chi connectivity index (χ0) is 23.1. The molecule has 0 bridgehead atoms. The lowest BCUT2D eigenvalue weighted by molar-refractivity contribution is 0.0458. The van der Waals surface area contributed by atoms with Crippen LogP contribution in [0.1, 0.15) is 34.6 Å². The number of methoxy groups -OCH3 is 1. The highest BCUT2D eigenvalue weighted by Gasteiger charge is 2.12. The number of carbonyl (C=O) groups excluding carboxylic acids is 2. The molecule has 1 heterocycles. The number of nitrogen functional groups attached to an aromatic ring is 1. The van der Waals surface area contributed by atoms with Crippen LogP contribution in [0.15, 0.2) is 54.9 Å². The standard InChI is InChI=1S/C23H25N5O4/c1-14(2)12-32-23(30)16-6-10-18(11-7-16)28-21-19(24)20(25-13-26-21)27-17-8-4-15(5-9-17)22(29)31-3/h4-11,13-14H,12,24H2,1-3H3,(H2,25,26,27,28). The second-order valence-corrected chi connectivity index (χ2v) is 7.37. The summed E-state index contributed by atoms with van der Waals surface area (Å²) in [6, 6.07) is 13.5. The van der Waals surface area contributed by atoms with Crippen LogP contribution in [0.5, 0.6) is 0 Å². The van der Waals surface area contributed by atoms with Crippen molar-refractivity contribution in [2.75, 3.05) is 30.1 Å². The van der Waals surface area contributed by atoms with Gasteiger partial charge in [-0.15, -0.1) is 0 Å². The van der Waals surface area contributed by atoms with Gasteiger partial charge in [0.25, 0.3) is 0 Å². The smallest absolute Gasteiger partial charge is 0.338 e. The summed E-state index contributed by atoms with van der Waals surface area (Å²) >= 11 is 0. The van der Waals surface area contributed by atoms with E-state index in [1.807, 2.05) is 13.8 Å². The van der Waals surface area contributed by atoms with E-state index in [1.54, 1.807) is 48.5 Å². The lowest BCUT2D eigenvalue weighted by Gasteiger charge is -2.13. The number of anilines is 5. The summed E-state index contributed by atoms with van der Waals surface area (Å²) in [7, 11) is 1.33. The Labute approximate surface area is 186 Å². The average molecular weight is 435 g/mol. The highest BCUT2D eigenvalue weighted by molar-refractivity contribution is 5.91. The van der Waals surface area contributed by atoms with Gasteiger partial charge in [-0.05, 0) is 54.4 Å². The van der Waals surface area contributed by atoms with Crippen LogP contribution in [0, 0.1) is 5.92 Å². The Morgan fingerprint density at radius 2 is 1.34 bits per heavy atom. The monoisotopic (exact) mass is 435 g/mol. The van der Waals surface area contributed by atoms with Crippen LogP contribution in [0.3, 0.4) is 0 Å². The summed E-state index contributed by atoms with van der Waals surface area (Å²) in [5.41, 5.74) is 8.83. The topological polar surface area (TPSA) is 128 Å². The molecule has 0 unspecified atom stereocenters. The molecule has 0 aliphatic carbocycles. The van der Waals surface area contributed by atoms with Gasteiger partial charge < -0.3 is 25.8 Å². The molecule has 0 spiro atoms. The van der Waals surface area contributed by atoms with Crippen LogP contribution < -0.4 is 16.4 Å². The van der Waals surface area contributed by atoms with Gasteiger partial charge in [0.15, 0.2) is 11.6 Å². The first-order valence-electron chi connectivity index (χ1n) is 9.97. The number of benzene rings is 2. The van der Waals surface area contributed by atoms with Gasteiger partial charge in [0.2, 0.25) is 0 Å². The van der Waals surface area contributed by atoms with Crippen molar-refractivity contribution in [1.82, 2.24) is 9.97 Å². The summed E-state index contributed by atoms with van der Waals surface area (Å²) in [6.07, 6.45) is 1.38. The minimum absolute atomic E-state index is 0.272. The van der Waals surface area contributed by atoms with Crippen molar-refractivity contribution in [2.45, 2.75) is 13.8 Å². The maximum atomic E-state index is 12.0. The van der Waals surface area contributed by atoms with E-state index in [0.717, 1.165) is 0 Å². The van der Waals surface area contributed by atoms with E-state index >= 15 is 0 Å². The average Bonchev–Trinajstić information content (AvgIpc) is 2.80. The number of esters is 2. The molecule has 9 nitrogen and oxygen atoms in total. The quantitative estimate of drug-likeness (QED) is 0.447. The van der Waals surface area contributed by atoms with Gasteiger partial charge in [-0.3, -0.25) is 0 Å². The number of nitrogens with one attached hydrogen (secondary N) is 2. The Morgan fingerprint density at radius 1 is 0.875 bits per heavy atom. The molecular formula is C23H25N5O4. The molecule has 166 valence electrons. The first-order chi connectivity index (χ1) is 15.4. The van der Waals surface area contributed by atoms with Crippen molar-refractivity contribution in [1.29, 1.82) is 0 Å². The number of hydrogen-bond donors (Lipinski definition) is 3. The van der Waals surface area contributed by atoms with E-state index in [4.69, 9.17) is 15.2 Å². The zero-order valence-electron chi connectivity index (χ0n) is 18.1. The maximum absolute atomic E-state index is 12.0. The Hall–Kier alpha value is -4.14. The molecule has 0 saturated carbocycles. The molecule has 4 N–H and O–H groups in total. The predicted octanol–water partition coefficient (Wildman–Crippen LogP) is 4.15. The largest absolute Gasteiger partial charge is 0.465 e. The molecule has 0 saturated heterocycles. The molecule has 0 amide bonds. The van der Waals surface area contributed by atoms with Crippen LogP contribution in [-0.2, 0) is 9.47 Å². The molecule has 3 rings (SSSR count). The summed E-state index contributed by atoms with van der Waals surface area (Å²) in [4.78, 5) is 32.0. The van der Waals surface area contributed by atoms with Crippen LogP contribution in [0.2, 0.25) is 0 Å². The summed E-state index contributed by atoms with van der Waals surface area (Å²) < 4.78 is 9.93. The predicted molar refractivity (Wildman–Crippen MR) is 122 cm³/mol. The normalized spacial score (nSPS) is 10.5. The van der Waals surface area contributed by atoms with Crippen LogP contribution >= 0.6 is 0 Å². The first-order valence-corrected chi connectivity index (χ1v) is 9.97. The number of hydrogen-bond acceptors (Lipinski definition) is 9. The van der Waals surface area contributed by atoms with Gasteiger partial charge in [-0.2, -0.15) is 0 Å². The van der Waals surface area contributed by atoms with E-state index in [-0.39, 0.29) is 11.9 Å². The molecule has 0 aliphatic heterocycles. The number of ether oxygens (including phenoxy) is 2. The van der Waals surface area contributed by atoms with Crippen molar-refractivity contribution in [3.8, 4) is 0 Å². The zero-order valence-corrected chi connectivity index (χ0v) is 18.1. The van der Waals surface area contributed by atoms with Gasteiger partial charge >= 0.3 is 11.9 Å². The first kappa shape index (κ1) is 22.5. The maximum Gasteiger partial charge on any atom is 0.338 e. The second-order valence-electron chi connectivity index (χ2n) is 7.37. The van der Waals surface area contributed by atoms with Crippen LogP contribution in [0.4, 0.5) is 28.7 Å². The fourth-order valence-electron chi connectivity index (χ4n) is 2.69. The van der Waals surface area contributed by atoms with Gasteiger partial charge in [0.1, 0.15) is 12.0 Å². The van der Waals surface area contributed by atoms with Crippen molar-refractivity contribution >= 4 is 40.6 Å². The molecule has 1 aromatic heterocycles. The Kier molecular flexibility index (Phi) is 7.22. The van der Waals surface area contributed by atoms with Crippen molar-refractivity contribution in [3.63, 3.8) is 0 Å². The lowest BCUT2D eigenvalue weighted by atomic mass is 10.2. The number of nitrogens with zero attached hydrogens (tertiary/aromatic N) is 2. The summed E-state index contributed by atoms with van der Waals surface area (Å²) in [5, 5.41) is 6.22. The number of rotatable bonds is 8. The Balaban J connectivity index is 1.69. The highest BCUT2D eigenvalue weighted by Crippen LogP contribution is 2.28. The van der Waals surface area contributed by atoms with Gasteiger partial charge in [0, 0.05) is 11.4 Å². The minimum Gasteiger partial charge on any atom is -0.465 e. The third kappa shape index (κ3) is 5.72. The van der Waals surface area contributed by atoms with Crippen molar-refractivity contribution in [2.24, 2.45) is 5.92 Å². The van der Waals surface area contributed by atoms with E-state index < -0.39 is 5.97 Å². The van der Waals surface area contributed by atoms with Crippen LogP contribution in [-0.4, -0.2) is 35.6 Å². The molecule has 0 fully saturated rings. The Bertz CT molecular complexity index is 1080. The minimum atomic E-state index is -0.413. The summed E-state index contributed by atoms with van der Waals surface area (Å²) in [5.74, 6) is 0.306. The number of carbonyl (C=O) groups is 2. The molecule has 3 aromatic rings.